The van der Waals surface area contributed by atoms with E-state index in [1.165, 1.54) is 10.1 Å². The molecule has 3 aromatic heterocycles. The molecule has 1 fully saturated rings. The normalized spacial score (nSPS) is 15.5. The number of urea groups is 1. The lowest BCUT2D eigenvalue weighted by molar-refractivity contribution is -0.161. The summed E-state index contributed by atoms with van der Waals surface area (Å²) in [6.45, 7) is -0.518. The molecule has 1 aliphatic heterocycles. The molecule has 3 aromatic rings. The maximum atomic E-state index is 13.2. The number of rotatable bonds is 10. The van der Waals surface area contributed by atoms with Crippen molar-refractivity contribution in [3.8, 4) is 17.3 Å². The highest BCUT2D eigenvalue weighted by molar-refractivity contribution is 7.88. The van der Waals surface area contributed by atoms with Crippen molar-refractivity contribution in [2.75, 3.05) is 12.3 Å². The zero-order valence-corrected chi connectivity index (χ0v) is 25.6. The van der Waals surface area contributed by atoms with Crippen molar-refractivity contribution in [1.82, 2.24) is 38.7 Å². The van der Waals surface area contributed by atoms with Crippen LogP contribution < -0.4 is 26.9 Å². The summed E-state index contributed by atoms with van der Waals surface area (Å²) >= 11 is 0.879. The second kappa shape index (κ2) is 12.4. The van der Waals surface area contributed by atoms with E-state index < -0.39 is 103 Å². The molecule has 4 heterocycles. The lowest BCUT2D eigenvalue weighted by Gasteiger charge is -2.36. The number of hydrogen-bond acceptors (Lipinski definition) is 15. The average Bonchev–Trinajstić information content (AvgIpc) is 3.53. The molecular formula is C22H21F3N10O11S2. The number of amides is 4. The van der Waals surface area contributed by atoms with Gasteiger partial charge < -0.3 is 31.1 Å². The second-order valence-corrected chi connectivity index (χ2v) is 12.4. The molecule has 4 amide bonds. The molecule has 0 spiro atoms. The minimum Gasteiger partial charge on any atom is -0.503 e. The van der Waals surface area contributed by atoms with Crippen LogP contribution in [0.4, 0.5) is 23.1 Å². The van der Waals surface area contributed by atoms with Crippen LogP contribution >= 0.6 is 11.3 Å². The molecule has 0 aliphatic carbocycles. The van der Waals surface area contributed by atoms with Crippen LogP contribution in [0.25, 0.3) is 11.5 Å². The number of thiazole rings is 1. The smallest absolute Gasteiger partial charge is 0.406 e. The number of β-lactam (4-membered cyclic amide) rings is 1. The number of nitrogen functional groups attached to an aromatic ring is 1. The molecule has 1 aliphatic rings. The van der Waals surface area contributed by atoms with E-state index in [0.717, 1.165) is 25.2 Å². The van der Waals surface area contributed by atoms with Gasteiger partial charge in [0.15, 0.2) is 22.4 Å². The molecule has 0 saturated carbocycles. The number of carboxylic acid groups (broad SMARTS) is 1. The Bertz CT molecular complexity index is 2080. The van der Waals surface area contributed by atoms with Crippen LogP contribution in [0, 0.1) is 0 Å². The molecule has 26 heteroatoms. The van der Waals surface area contributed by atoms with Gasteiger partial charge in [0.1, 0.15) is 18.3 Å². The number of H-pyrrole nitrogens is 1. The van der Waals surface area contributed by atoms with Gasteiger partial charge in [0.2, 0.25) is 11.0 Å². The third kappa shape index (κ3) is 7.27. The number of carbonyl (C=O) groups is 4. The Kier molecular flexibility index (Phi) is 9.08. The number of halogens is 3. The Balaban J connectivity index is 1.52. The number of aromatic amines is 1. The van der Waals surface area contributed by atoms with E-state index in [1.54, 1.807) is 0 Å². The second-order valence-electron chi connectivity index (χ2n) is 10.1. The molecule has 0 aromatic carbocycles. The number of aromatic nitrogens is 5. The SMILES string of the molecule is CC(C)(ON=C(C(=O)N[C@H]1CN(C(=O)NS(=O)(=O)n2nc(-c3cc(=O)c(O)c[nH]3)n(CC(F)(F)F)c2=O)C1=O)c1csc(N)n1)C(=O)O. The van der Waals surface area contributed by atoms with Gasteiger partial charge in [0.05, 0.1) is 12.2 Å². The first-order chi connectivity index (χ1) is 22.1. The van der Waals surface area contributed by atoms with Crippen LogP contribution in [0.5, 0.6) is 5.75 Å². The van der Waals surface area contributed by atoms with Gasteiger partial charge in [-0.05, 0) is 13.8 Å². The van der Waals surface area contributed by atoms with E-state index in [9.17, 15) is 60.6 Å². The van der Waals surface area contributed by atoms with Crippen molar-refractivity contribution in [2.24, 2.45) is 5.16 Å². The zero-order chi connectivity index (χ0) is 35.9. The van der Waals surface area contributed by atoms with Crippen molar-refractivity contribution < 1.29 is 55.8 Å². The summed E-state index contributed by atoms with van der Waals surface area (Å²) in [7, 11) is -5.45. The highest BCUT2D eigenvalue weighted by Crippen LogP contribution is 2.21. The predicted molar refractivity (Wildman–Crippen MR) is 153 cm³/mol. The number of carboxylic acids is 1. The van der Waals surface area contributed by atoms with Crippen LogP contribution in [0.2, 0.25) is 0 Å². The third-order valence-corrected chi connectivity index (χ3v) is 7.89. The van der Waals surface area contributed by atoms with Crippen molar-refractivity contribution in [1.29, 1.82) is 0 Å². The zero-order valence-electron chi connectivity index (χ0n) is 24.0. The molecule has 7 N–H and O–H groups in total. The summed E-state index contributed by atoms with van der Waals surface area (Å²) in [5, 5.41) is 28.9. The molecule has 0 radical (unpaired) electrons. The summed E-state index contributed by atoms with van der Waals surface area (Å²) in [5.41, 5.74) is -0.795. The summed E-state index contributed by atoms with van der Waals surface area (Å²) in [5.74, 6) is -5.67. The molecule has 1 atom stereocenters. The number of hydrogen-bond donors (Lipinski definition) is 6. The van der Waals surface area contributed by atoms with Crippen molar-refractivity contribution in [2.45, 2.75) is 38.2 Å². The maximum absolute atomic E-state index is 13.2. The molecule has 21 nitrogen and oxygen atoms in total. The van der Waals surface area contributed by atoms with Gasteiger partial charge >= 0.3 is 34.1 Å². The quantitative estimate of drug-likeness (QED) is 0.0759. The highest BCUT2D eigenvalue weighted by atomic mass is 32.2. The first-order valence-electron chi connectivity index (χ1n) is 12.7. The summed E-state index contributed by atoms with van der Waals surface area (Å²) in [6, 6.07) is -2.65. The fourth-order valence-corrected chi connectivity index (χ4v) is 5.05. The van der Waals surface area contributed by atoms with Crippen molar-refractivity contribution in [3.63, 3.8) is 0 Å². The number of nitrogens with two attached hydrogens (primary N) is 1. The largest absolute Gasteiger partial charge is 0.503 e. The number of nitrogens with one attached hydrogen (secondary N) is 3. The Morgan fingerprint density at radius 1 is 1.25 bits per heavy atom. The number of pyridine rings is 1. The molecule has 258 valence electrons. The van der Waals surface area contributed by atoms with Gasteiger partial charge in [-0.15, -0.1) is 16.4 Å². The van der Waals surface area contributed by atoms with Crippen molar-refractivity contribution >= 4 is 56.2 Å². The molecule has 4 rings (SSSR count). The van der Waals surface area contributed by atoms with E-state index >= 15 is 0 Å². The standard InChI is InChI=1S/C22H21F3N10O11S2/c1-21(2,17(40)41)46-31-13(10-6-47-18(26)29-10)15(38)28-9-5-33(16(9)39)19(42)32-48(44,45)35-20(43)34(7-22(23,24)25)14(30-35)8-3-11(36)12(37)4-27-8/h3-4,6,9,37H,5,7H2,1-2H3,(H2,26,29)(H,27,36)(H,28,38)(H,32,42)(H,40,41)/t9-/m0/s1. The molecule has 0 bridgehead atoms. The van der Waals surface area contributed by atoms with Gasteiger partial charge in [-0.2, -0.15) is 21.6 Å². The fraction of sp³-hybridized carbons (Fsp3) is 0.318. The first kappa shape index (κ1) is 35.1. The number of imide groups is 1. The van der Waals surface area contributed by atoms with E-state index in [0.29, 0.717) is 12.3 Å². The maximum Gasteiger partial charge on any atom is 0.406 e. The number of alkyl halides is 3. The number of aliphatic carboxylic acids is 1. The molecule has 48 heavy (non-hydrogen) atoms. The minimum absolute atomic E-state index is 0.0161. The van der Waals surface area contributed by atoms with Crippen LogP contribution in [0.15, 0.2) is 32.4 Å². The first-order valence-corrected chi connectivity index (χ1v) is 15.0. The molecule has 0 unspecified atom stereocenters. The van der Waals surface area contributed by atoms with Crippen LogP contribution in [-0.4, -0.2) is 101 Å². The van der Waals surface area contributed by atoms with Gasteiger partial charge in [0.25, 0.3) is 11.8 Å². The average molecular weight is 723 g/mol. The Morgan fingerprint density at radius 3 is 2.46 bits per heavy atom. The number of oxime groups is 1. The number of carbonyl (C=O) groups excluding carboxylic acids is 3. The lowest BCUT2D eigenvalue weighted by atomic mass is 10.1. The monoisotopic (exact) mass is 722 g/mol. The van der Waals surface area contributed by atoms with E-state index in [-0.39, 0.29) is 20.3 Å². The predicted octanol–water partition coefficient (Wildman–Crippen LogP) is -1.88. The van der Waals surface area contributed by atoms with E-state index in [4.69, 9.17) is 10.6 Å². The number of anilines is 1. The number of likely N-dealkylation sites (tertiary alicyclic amines) is 1. The molecular weight excluding hydrogens is 701 g/mol. The Labute approximate surface area is 267 Å². The van der Waals surface area contributed by atoms with Gasteiger partial charge in [-0.25, -0.2) is 24.1 Å². The van der Waals surface area contributed by atoms with Gasteiger partial charge in [-0.3, -0.25) is 23.9 Å². The van der Waals surface area contributed by atoms with Crippen LogP contribution in [-0.2, 0) is 36.0 Å². The van der Waals surface area contributed by atoms with Gasteiger partial charge in [-0.1, -0.05) is 9.24 Å². The molecule has 1 saturated heterocycles. The topological polar surface area (TPSA) is 303 Å². The highest BCUT2D eigenvalue weighted by Gasteiger charge is 2.44. The Hall–Kier alpha value is -5.79. The van der Waals surface area contributed by atoms with E-state index in [2.05, 4.69) is 25.5 Å². The fourth-order valence-electron chi connectivity index (χ4n) is 3.60. The summed E-state index contributed by atoms with van der Waals surface area (Å²) in [6.07, 6.45) is -4.46. The van der Waals surface area contributed by atoms with Crippen LogP contribution in [0.3, 0.4) is 0 Å². The summed E-state index contributed by atoms with van der Waals surface area (Å²) in [4.78, 5) is 85.3. The number of nitrogens with zero attached hydrogens (tertiary/aromatic N) is 6. The van der Waals surface area contributed by atoms with Crippen molar-refractivity contribution in [3.05, 3.63) is 44.0 Å². The van der Waals surface area contributed by atoms with Crippen LogP contribution in [0.1, 0.15) is 19.5 Å². The number of aromatic hydroxyl groups is 1. The lowest BCUT2D eigenvalue weighted by Crippen LogP contribution is -2.68. The minimum atomic E-state index is -5.45. The summed E-state index contributed by atoms with van der Waals surface area (Å²) < 4.78 is 66.0. The Morgan fingerprint density at radius 2 is 1.92 bits per heavy atom. The third-order valence-electron chi connectivity index (χ3n) is 6.09. The van der Waals surface area contributed by atoms with Gasteiger partial charge in [0, 0.05) is 17.6 Å². The van der Waals surface area contributed by atoms with E-state index in [1.807, 2.05) is 0 Å².